The summed E-state index contributed by atoms with van der Waals surface area (Å²) in [6.07, 6.45) is 1.98. The Balaban J connectivity index is 1.62. The summed E-state index contributed by atoms with van der Waals surface area (Å²) in [5, 5.41) is 2.92. The van der Waals surface area contributed by atoms with Crippen LogP contribution in [0.4, 0.5) is 5.69 Å². The molecule has 0 atom stereocenters. The largest absolute Gasteiger partial charge is 0.493 e. The lowest BCUT2D eigenvalue weighted by Gasteiger charge is -2.13. The minimum atomic E-state index is -0.212. The van der Waals surface area contributed by atoms with E-state index in [0.717, 1.165) is 28.6 Å². The van der Waals surface area contributed by atoms with Gasteiger partial charge in [-0.3, -0.25) is 4.79 Å². The zero-order chi connectivity index (χ0) is 20.5. The van der Waals surface area contributed by atoms with Gasteiger partial charge in [-0.15, -0.1) is 0 Å². The Kier molecular flexibility index (Phi) is 7.70. The summed E-state index contributed by atoms with van der Waals surface area (Å²) >= 11 is 3.43. The number of amides is 1. The normalized spacial score (nSPS) is 10.4. The molecular formula is C24H24BrNO3. The number of hydrogen-bond acceptors (Lipinski definition) is 3. The van der Waals surface area contributed by atoms with Crippen molar-refractivity contribution in [2.75, 3.05) is 11.9 Å². The van der Waals surface area contributed by atoms with Gasteiger partial charge in [-0.2, -0.15) is 0 Å². The predicted octanol–water partition coefficient (Wildman–Crippen LogP) is 6.46. The molecule has 1 N–H and O–H groups in total. The van der Waals surface area contributed by atoms with E-state index in [1.54, 1.807) is 6.07 Å². The Morgan fingerprint density at radius 3 is 2.45 bits per heavy atom. The highest BCUT2D eigenvalue weighted by atomic mass is 79.9. The zero-order valence-corrected chi connectivity index (χ0v) is 17.9. The van der Waals surface area contributed by atoms with E-state index in [9.17, 15) is 4.79 Å². The number of carbonyl (C=O) groups is 1. The minimum absolute atomic E-state index is 0.212. The van der Waals surface area contributed by atoms with Crippen LogP contribution in [0.3, 0.4) is 0 Å². The van der Waals surface area contributed by atoms with E-state index in [1.807, 2.05) is 66.7 Å². The van der Waals surface area contributed by atoms with E-state index in [4.69, 9.17) is 9.47 Å². The van der Waals surface area contributed by atoms with Gasteiger partial charge in [0.05, 0.1) is 12.2 Å². The number of halogens is 1. The summed E-state index contributed by atoms with van der Waals surface area (Å²) in [5.74, 6) is 1.12. The molecule has 0 aliphatic carbocycles. The average Bonchev–Trinajstić information content (AvgIpc) is 2.75. The molecule has 29 heavy (non-hydrogen) atoms. The fourth-order valence-electron chi connectivity index (χ4n) is 2.71. The zero-order valence-electron chi connectivity index (χ0n) is 16.4. The number of unbranched alkanes of at least 4 members (excludes halogenated alkanes) is 1. The van der Waals surface area contributed by atoms with E-state index in [-0.39, 0.29) is 5.91 Å². The van der Waals surface area contributed by atoms with E-state index >= 15 is 0 Å². The van der Waals surface area contributed by atoms with Crippen LogP contribution in [0.25, 0.3) is 0 Å². The first-order chi connectivity index (χ1) is 14.2. The van der Waals surface area contributed by atoms with Crippen molar-refractivity contribution in [2.45, 2.75) is 26.4 Å². The lowest BCUT2D eigenvalue weighted by atomic mass is 10.1. The Hall–Kier alpha value is -2.79. The highest BCUT2D eigenvalue weighted by Crippen LogP contribution is 2.25. The summed E-state index contributed by atoms with van der Waals surface area (Å²) in [6.45, 7) is 3.20. The average molecular weight is 454 g/mol. The van der Waals surface area contributed by atoms with Gasteiger partial charge in [-0.1, -0.05) is 59.6 Å². The molecular weight excluding hydrogens is 430 g/mol. The molecule has 0 unspecified atom stereocenters. The van der Waals surface area contributed by atoms with E-state index < -0.39 is 0 Å². The molecule has 0 heterocycles. The van der Waals surface area contributed by atoms with Crippen molar-refractivity contribution in [2.24, 2.45) is 0 Å². The summed E-state index contributed by atoms with van der Waals surface area (Å²) < 4.78 is 12.4. The molecule has 0 radical (unpaired) electrons. The molecule has 4 nitrogen and oxygen atoms in total. The molecule has 0 saturated heterocycles. The lowest BCUT2D eigenvalue weighted by molar-refractivity contribution is 0.102. The smallest absolute Gasteiger partial charge is 0.259 e. The maximum atomic E-state index is 12.8. The Morgan fingerprint density at radius 1 is 0.966 bits per heavy atom. The van der Waals surface area contributed by atoms with Crippen LogP contribution < -0.4 is 14.8 Å². The van der Waals surface area contributed by atoms with Crippen LogP contribution in [-0.4, -0.2) is 12.5 Å². The van der Waals surface area contributed by atoms with Crippen molar-refractivity contribution < 1.29 is 14.3 Å². The van der Waals surface area contributed by atoms with Gasteiger partial charge in [-0.25, -0.2) is 0 Å². The van der Waals surface area contributed by atoms with E-state index in [0.29, 0.717) is 30.2 Å². The van der Waals surface area contributed by atoms with Crippen LogP contribution in [0.15, 0.2) is 77.3 Å². The Labute approximate surface area is 180 Å². The van der Waals surface area contributed by atoms with Crippen LogP contribution in [0.1, 0.15) is 35.7 Å². The van der Waals surface area contributed by atoms with Crippen molar-refractivity contribution in [1.29, 1.82) is 0 Å². The molecule has 150 valence electrons. The molecule has 0 aliphatic heterocycles. The van der Waals surface area contributed by atoms with Crippen LogP contribution in [0, 0.1) is 0 Å². The molecule has 0 aliphatic rings. The fraction of sp³-hybridized carbons (Fsp3) is 0.208. The number of carbonyl (C=O) groups excluding carboxylic acids is 1. The second kappa shape index (κ2) is 10.7. The molecule has 0 saturated carbocycles. The Morgan fingerprint density at radius 2 is 1.72 bits per heavy atom. The molecule has 0 fully saturated rings. The topological polar surface area (TPSA) is 47.6 Å². The number of anilines is 1. The van der Waals surface area contributed by atoms with Crippen LogP contribution in [-0.2, 0) is 6.61 Å². The van der Waals surface area contributed by atoms with Gasteiger partial charge in [0.2, 0.25) is 0 Å². The molecule has 5 heteroatoms. The maximum Gasteiger partial charge on any atom is 0.259 e. The SMILES string of the molecule is CCCCOc1ccc(Br)cc1C(=O)Nc1ccc(OCc2ccccc2)cc1. The van der Waals surface area contributed by atoms with Crippen molar-refractivity contribution >= 4 is 27.5 Å². The Bertz CT molecular complexity index is 927. The molecule has 1 amide bonds. The quantitative estimate of drug-likeness (QED) is 0.378. The van der Waals surface area contributed by atoms with Gasteiger partial charge in [-0.05, 0) is 54.4 Å². The second-order valence-electron chi connectivity index (χ2n) is 6.60. The van der Waals surface area contributed by atoms with Crippen molar-refractivity contribution in [1.82, 2.24) is 0 Å². The van der Waals surface area contributed by atoms with Gasteiger partial charge in [0.1, 0.15) is 18.1 Å². The molecule has 3 aromatic carbocycles. The minimum Gasteiger partial charge on any atom is -0.493 e. The first kappa shape index (κ1) is 20.9. The second-order valence-corrected chi connectivity index (χ2v) is 7.51. The first-order valence-corrected chi connectivity index (χ1v) is 10.5. The molecule has 3 aromatic rings. The third-order valence-electron chi connectivity index (χ3n) is 4.30. The third kappa shape index (κ3) is 6.36. The number of rotatable bonds is 9. The number of benzene rings is 3. The predicted molar refractivity (Wildman–Crippen MR) is 120 cm³/mol. The molecule has 0 aromatic heterocycles. The van der Waals surface area contributed by atoms with E-state index in [1.165, 1.54) is 0 Å². The van der Waals surface area contributed by atoms with Crippen LogP contribution in [0.2, 0.25) is 0 Å². The van der Waals surface area contributed by atoms with Gasteiger partial charge < -0.3 is 14.8 Å². The first-order valence-electron chi connectivity index (χ1n) is 9.66. The summed E-state index contributed by atoms with van der Waals surface area (Å²) in [7, 11) is 0. The van der Waals surface area contributed by atoms with Crippen LogP contribution in [0.5, 0.6) is 11.5 Å². The number of ether oxygens (including phenoxy) is 2. The van der Waals surface area contributed by atoms with Crippen molar-refractivity contribution in [3.05, 3.63) is 88.4 Å². The fourth-order valence-corrected chi connectivity index (χ4v) is 3.07. The summed E-state index contributed by atoms with van der Waals surface area (Å²) in [5.41, 5.74) is 2.30. The van der Waals surface area contributed by atoms with Gasteiger partial charge >= 0.3 is 0 Å². The summed E-state index contributed by atoms with van der Waals surface area (Å²) in [4.78, 5) is 12.8. The van der Waals surface area contributed by atoms with Gasteiger partial charge in [0, 0.05) is 10.2 Å². The summed E-state index contributed by atoms with van der Waals surface area (Å²) in [6, 6.07) is 22.8. The molecule has 0 spiro atoms. The third-order valence-corrected chi connectivity index (χ3v) is 4.80. The molecule has 3 rings (SSSR count). The highest BCUT2D eigenvalue weighted by molar-refractivity contribution is 9.10. The van der Waals surface area contributed by atoms with E-state index in [2.05, 4.69) is 28.2 Å². The van der Waals surface area contributed by atoms with Crippen LogP contribution >= 0.6 is 15.9 Å². The monoisotopic (exact) mass is 453 g/mol. The van der Waals surface area contributed by atoms with Crippen molar-refractivity contribution in [3.8, 4) is 11.5 Å². The van der Waals surface area contributed by atoms with Gasteiger partial charge in [0.25, 0.3) is 5.91 Å². The standard InChI is InChI=1S/C24H24BrNO3/c1-2-3-15-28-23-14-9-19(25)16-22(23)24(27)26-20-10-12-21(13-11-20)29-17-18-7-5-4-6-8-18/h4-14,16H,2-3,15,17H2,1H3,(H,26,27). The maximum absolute atomic E-state index is 12.8. The van der Waals surface area contributed by atoms with Gasteiger partial charge in [0.15, 0.2) is 0 Å². The molecule has 0 bridgehead atoms. The lowest BCUT2D eigenvalue weighted by Crippen LogP contribution is -2.14. The highest BCUT2D eigenvalue weighted by Gasteiger charge is 2.14. The van der Waals surface area contributed by atoms with Crippen molar-refractivity contribution in [3.63, 3.8) is 0 Å². The number of nitrogens with one attached hydrogen (secondary N) is 1. The number of hydrogen-bond donors (Lipinski definition) is 1.